The van der Waals surface area contributed by atoms with Crippen LogP contribution in [0, 0.1) is 13.8 Å². The van der Waals surface area contributed by atoms with E-state index in [2.05, 4.69) is 10.3 Å². The molecule has 0 radical (unpaired) electrons. The van der Waals surface area contributed by atoms with E-state index < -0.39 is 0 Å². The highest BCUT2D eigenvalue weighted by Gasteiger charge is 2.15. The Morgan fingerprint density at radius 1 is 1.14 bits per heavy atom. The molecule has 0 aliphatic heterocycles. The Kier molecular flexibility index (Phi) is 5.63. The molecule has 0 aliphatic carbocycles. The summed E-state index contributed by atoms with van der Waals surface area (Å²) in [5.41, 5.74) is 2.24. The van der Waals surface area contributed by atoms with Crippen molar-refractivity contribution in [1.82, 2.24) is 10.3 Å². The van der Waals surface area contributed by atoms with Gasteiger partial charge in [0.2, 0.25) is 0 Å². The molecular formula is C16H16Cl2N2O2. The maximum atomic E-state index is 11.8. The summed E-state index contributed by atoms with van der Waals surface area (Å²) in [5.74, 6) is 0.0475. The quantitative estimate of drug-likeness (QED) is 0.904. The van der Waals surface area contributed by atoms with Crippen LogP contribution in [0.1, 0.15) is 17.0 Å². The molecule has 6 heteroatoms. The molecule has 1 N–H and O–H groups in total. The normalized spacial score (nSPS) is 10.4. The number of aryl methyl sites for hydroxylation is 2. The second kappa shape index (κ2) is 7.47. The van der Waals surface area contributed by atoms with Crippen LogP contribution in [-0.2, 0) is 11.3 Å². The summed E-state index contributed by atoms with van der Waals surface area (Å²) in [4.78, 5) is 16.0. The minimum absolute atomic E-state index is 0.158. The zero-order chi connectivity index (χ0) is 16.1. The number of hydrogen-bond donors (Lipinski definition) is 1. The molecule has 0 bridgehead atoms. The number of hydrogen-bond acceptors (Lipinski definition) is 3. The Morgan fingerprint density at radius 2 is 1.73 bits per heavy atom. The van der Waals surface area contributed by atoms with Crippen molar-refractivity contribution >= 4 is 29.1 Å². The Balaban J connectivity index is 1.94. The van der Waals surface area contributed by atoms with Crippen molar-refractivity contribution in [1.29, 1.82) is 0 Å². The van der Waals surface area contributed by atoms with Gasteiger partial charge in [-0.3, -0.25) is 9.78 Å². The lowest BCUT2D eigenvalue weighted by atomic mass is 10.2. The number of amides is 1. The van der Waals surface area contributed by atoms with Gasteiger partial charge in [0.15, 0.2) is 12.4 Å². The van der Waals surface area contributed by atoms with Gasteiger partial charge in [0.05, 0.1) is 11.4 Å². The first-order valence-electron chi connectivity index (χ1n) is 6.74. The highest BCUT2D eigenvalue weighted by Crippen LogP contribution is 2.36. The summed E-state index contributed by atoms with van der Waals surface area (Å²) in [6, 6.07) is 9.63. The molecule has 1 heterocycles. The van der Waals surface area contributed by atoms with Gasteiger partial charge in [-0.2, -0.15) is 0 Å². The van der Waals surface area contributed by atoms with Crippen LogP contribution in [0.2, 0.25) is 10.0 Å². The fourth-order valence-corrected chi connectivity index (χ4v) is 2.32. The van der Waals surface area contributed by atoms with E-state index in [1.54, 1.807) is 13.8 Å². The van der Waals surface area contributed by atoms with Crippen molar-refractivity contribution in [2.45, 2.75) is 20.4 Å². The smallest absolute Gasteiger partial charge is 0.258 e. The number of pyridine rings is 1. The van der Waals surface area contributed by atoms with Gasteiger partial charge in [0, 0.05) is 6.54 Å². The van der Waals surface area contributed by atoms with Crippen LogP contribution in [0.5, 0.6) is 5.75 Å². The predicted octanol–water partition coefficient (Wildman–Crippen LogP) is 3.70. The lowest BCUT2D eigenvalue weighted by Gasteiger charge is -2.13. The van der Waals surface area contributed by atoms with Crippen LogP contribution in [-0.4, -0.2) is 17.5 Å². The molecule has 0 saturated heterocycles. The van der Waals surface area contributed by atoms with Gasteiger partial charge in [-0.15, -0.1) is 0 Å². The summed E-state index contributed by atoms with van der Waals surface area (Å²) < 4.78 is 5.46. The van der Waals surface area contributed by atoms with Gasteiger partial charge in [-0.25, -0.2) is 0 Å². The first-order chi connectivity index (χ1) is 10.5. The van der Waals surface area contributed by atoms with Gasteiger partial charge in [-0.05, 0) is 19.4 Å². The third-order valence-electron chi connectivity index (χ3n) is 3.05. The summed E-state index contributed by atoms with van der Waals surface area (Å²) >= 11 is 12.2. The molecule has 1 aromatic carbocycles. The van der Waals surface area contributed by atoms with Gasteiger partial charge < -0.3 is 10.1 Å². The Labute approximate surface area is 139 Å². The topological polar surface area (TPSA) is 51.2 Å². The first-order valence-corrected chi connectivity index (χ1v) is 7.50. The van der Waals surface area contributed by atoms with Crippen molar-refractivity contribution < 1.29 is 9.53 Å². The van der Waals surface area contributed by atoms with E-state index in [-0.39, 0.29) is 12.5 Å². The number of ether oxygens (including phenoxy) is 1. The van der Waals surface area contributed by atoms with E-state index in [0.29, 0.717) is 33.7 Å². The molecule has 2 rings (SSSR count). The molecule has 0 spiro atoms. The van der Waals surface area contributed by atoms with E-state index in [1.165, 1.54) is 0 Å². The largest absolute Gasteiger partial charge is 0.480 e. The Hall–Kier alpha value is -1.78. The summed E-state index contributed by atoms with van der Waals surface area (Å²) in [6.07, 6.45) is 0. The second-order valence-corrected chi connectivity index (χ2v) is 5.55. The van der Waals surface area contributed by atoms with E-state index >= 15 is 0 Å². The average Bonchev–Trinajstić information content (AvgIpc) is 2.52. The number of nitrogens with one attached hydrogen (secondary N) is 1. The number of halogens is 2. The monoisotopic (exact) mass is 338 g/mol. The zero-order valence-corrected chi connectivity index (χ0v) is 13.8. The number of benzene rings is 1. The number of nitrogens with zero attached hydrogens (tertiary/aromatic N) is 1. The molecule has 2 aromatic rings. The van der Waals surface area contributed by atoms with E-state index in [1.807, 2.05) is 30.3 Å². The van der Waals surface area contributed by atoms with Crippen LogP contribution < -0.4 is 10.1 Å². The maximum absolute atomic E-state index is 11.8. The SMILES string of the molecule is Cc1nc(C)c(Cl)c(OCC(=O)NCc2ccccc2)c1Cl. The molecule has 0 unspecified atom stereocenters. The predicted molar refractivity (Wildman–Crippen MR) is 87.5 cm³/mol. The standard InChI is InChI=1S/C16H16Cl2N2O2/c1-10-14(17)16(15(18)11(2)20-10)22-9-13(21)19-8-12-6-4-3-5-7-12/h3-7H,8-9H2,1-2H3,(H,19,21). The van der Waals surface area contributed by atoms with Gasteiger partial charge in [-0.1, -0.05) is 53.5 Å². The fourth-order valence-electron chi connectivity index (χ4n) is 1.89. The van der Waals surface area contributed by atoms with Crippen LogP contribution in [0.3, 0.4) is 0 Å². The van der Waals surface area contributed by atoms with Crippen molar-refractivity contribution in [3.8, 4) is 5.75 Å². The lowest BCUT2D eigenvalue weighted by molar-refractivity contribution is -0.123. The average molecular weight is 339 g/mol. The van der Waals surface area contributed by atoms with Crippen LogP contribution in [0.15, 0.2) is 30.3 Å². The fraction of sp³-hybridized carbons (Fsp3) is 0.250. The molecule has 22 heavy (non-hydrogen) atoms. The third-order valence-corrected chi connectivity index (χ3v) is 3.94. The van der Waals surface area contributed by atoms with E-state index in [4.69, 9.17) is 27.9 Å². The minimum Gasteiger partial charge on any atom is -0.480 e. The van der Waals surface area contributed by atoms with E-state index in [9.17, 15) is 4.79 Å². The van der Waals surface area contributed by atoms with Gasteiger partial charge in [0.1, 0.15) is 10.0 Å². The van der Waals surface area contributed by atoms with Crippen molar-refractivity contribution in [2.75, 3.05) is 6.61 Å². The van der Waals surface area contributed by atoms with Crippen LogP contribution in [0.25, 0.3) is 0 Å². The summed E-state index contributed by atoms with van der Waals surface area (Å²) in [6.45, 7) is 3.80. The molecular weight excluding hydrogens is 323 g/mol. The number of aromatic nitrogens is 1. The highest BCUT2D eigenvalue weighted by atomic mass is 35.5. The highest BCUT2D eigenvalue weighted by molar-refractivity contribution is 6.37. The second-order valence-electron chi connectivity index (χ2n) is 4.79. The number of carbonyl (C=O) groups excluding carboxylic acids is 1. The maximum Gasteiger partial charge on any atom is 0.258 e. The molecule has 0 saturated carbocycles. The Morgan fingerprint density at radius 3 is 2.32 bits per heavy atom. The molecule has 4 nitrogen and oxygen atoms in total. The lowest BCUT2D eigenvalue weighted by Crippen LogP contribution is -2.28. The summed E-state index contributed by atoms with van der Waals surface area (Å²) in [5, 5.41) is 3.42. The van der Waals surface area contributed by atoms with Crippen molar-refractivity contribution in [3.05, 3.63) is 57.3 Å². The number of rotatable bonds is 5. The third kappa shape index (κ3) is 4.12. The molecule has 1 aromatic heterocycles. The molecule has 116 valence electrons. The van der Waals surface area contributed by atoms with Crippen molar-refractivity contribution in [2.24, 2.45) is 0 Å². The summed E-state index contributed by atoms with van der Waals surface area (Å²) in [7, 11) is 0. The Bertz CT molecular complexity index is 649. The molecule has 0 fully saturated rings. The minimum atomic E-state index is -0.247. The van der Waals surface area contributed by atoms with Gasteiger partial charge in [0.25, 0.3) is 5.91 Å². The van der Waals surface area contributed by atoms with Gasteiger partial charge >= 0.3 is 0 Å². The van der Waals surface area contributed by atoms with Crippen LogP contribution >= 0.6 is 23.2 Å². The van der Waals surface area contributed by atoms with Crippen molar-refractivity contribution in [3.63, 3.8) is 0 Å². The van der Waals surface area contributed by atoms with Crippen LogP contribution in [0.4, 0.5) is 0 Å². The number of carbonyl (C=O) groups is 1. The van der Waals surface area contributed by atoms with E-state index in [0.717, 1.165) is 5.56 Å². The molecule has 0 aliphatic rings. The zero-order valence-electron chi connectivity index (χ0n) is 12.3. The molecule has 1 amide bonds. The molecule has 0 atom stereocenters. The first kappa shape index (κ1) is 16.6.